The molecule has 0 amide bonds. The normalized spacial score (nSPS) is 31.9. The van der Waals surface area contributed by atoms with Crippen LogP contribution in [0.3, 0.4) is 0 Å². The second-order valence-corrected chi connectivity index (χ2v) is 22.0. The number of fused-ring (bicyclic) bond motifs is 7. The number of hydrogen-bond donors (Lipinski definition) is 3. The minimum Gasteiger partial charge on any atom is -0.337 e. The Hall–Kier alpha value is -4.67. The van der Waals surface area contributed by atoms with Gasteiger partial charge in [-0.25, -0.2) is 5.32 Å². The zero-order valence-corrected chi connectivity index (χ0v) is 38.8. The third-order valence-corrected chi connectivity index (χ3v) is 18.1. The van der Waals surface area contributed by atoms with Crippen LogP contribution >= 0.6 is 0 Å². The summed E-state index contributed by atoms with van der Waals surface area (Å²) in [6.45, 7) is 9.96. The number of anilines is 1. The average molecular weight is 850 g/mol. The molecule has 12 rings (SSSR count). The first kappa shape index (κ1) is 40.8. The molecule has 4 N–H and O–H groups in total. The SMILES string of the molecule is CC1(C)C2=CC=CCC2C2CCC(C3NC(C4CCCCC4)NC(C4=CC(C#N)=C(n5c6c(c7ccccc75)CCC=C6)CC4N4C5=C(CCCC5)C(C)(C)c5ccccc54)[NH2+]3)C=C21. The van der Waals surface area contributed by atoms with Crippen LogP contribution in [-0.4, -0.2) is 29.1 Å². The van der Waals surface area contributed by atoms with Gasteiger partial charge in [0.1, 0.15) is 12.2 Å². The van der Waals surface area contributed by atoms with Gasteiger partial charge in [-0.15, -0.1) is 0 Å². The van der Waals surface area contributed by atoms with Crippen molar-refractivity contribution < 1.29 is 5.32 Å². The number of quaternary nitrogens is 1. The summed E-state index contributed by atoms with van der Waals surface area (Å²) in [5, 5.41) is 24.1. The van der Waals surface area contributed by atoms with Crippen LogP contribution in [-0.2, 0) is 11.8 Å². The number of aryl methyl sites for hydroxylation is 1. The molecule has 330 valence electrons. The van der Waals surface area contributed by atoms with Crippen LogP contribution in [0.25, 0.3) is 22.7 Å². The van der Waals surface area contributed by atoms with Gasteiger partial charge in [-0.05, 0) is 129 Å². The highest BCUT2D eigenvalue weighted by atomic mass is 15.4. The second-order valence-electron chi connectivity index (χ2n) is 22.0. The van der Waals surface area contributed by atoms with Gasteiger partial charge in [0, 0.05) is 56.9 Å². The van der Waals surface area contributed by atoms with Gasteiger partial charge in [-0.2, -0.15) is 5.26 Å². The number of benzene rings is 2. The minimum atomic E-state index is -0.0291. The molecule has 6 nitrogen and oxygen atoms in total. The number of nitrogens with one attached hydrogen (secondary N) is 2. The topological polar surface area (TPSA) is 72.6 Å². The van der Waals surface area contributed by atoms with E-state index in [-0.39, 0.29) is 35.4 Å². The molecule has 2 aliphatic heterocycles. The molecular weight excluding hydrogens is 781 g/mol. The number of aromatic nitrogens is 1. The fraction of sp³-hybridized carbons (Fsp3) is 0.500. The van der Waals surface area contributed by atoms with E-state index in [0.717, 1.165) is 43.4 Å². The predicted octanol–water partition coefficient (Wildman–Crippen LogP) is 11.5. The molecule has 1 aromatic heterocycles. The summed E-state index contributed by atoms with van der Waals surface area (Å²) in [5.74, 6) is 2.35. The van der Waals surface area contributed by atoms with Crippen molar-refractivity contribution in [3.63, 3.8) is 0 Å². The molecule has 7 aliphatic carbocycles. The summed E-state index contributed by atoms with van der Waals surface area (Å²) in [7, 11) is 0. The zero-order chi connectivity index (χ0) is 43.3. The fourth-order valence-electron chi connectivity index (χ4n) is 15.0. The molecule has 64 heavy (non-hydrogen) atoms. The minimum absolute atomic E-state index is 0.0280. The van der Waals surface area contributed by atoms with E-state index in [1.54, 1.807) is 16.7 Å². The molecule has 1 saturated heterocycles. The lowest BCUT2D eigenvalue weighted by atomic mass is 9.68. The maximum atomic E-state index is 11.4. The Morgan fingerprint density at radius 2 is 1.62 bits per heavy atom. The zero-order valence-electron chi connectivity index (χ0n) is 38.8. The number of rotatable bonds is 5. The van der Waals surface area contributed by atoms with Crippen molar-refractivity contribution >= 4 is 28.4 Å². The highest BCUT2D eigenvalue weighted by Crippen LogP contribution is 2.59. The molecule has 3 aromatic rings. The number of nitriles is 1. The molecule has 6 heteroatoms. The molecule has 7 atom stereocenters. The van der Waals surface area contributed by atoms with Gasteiger partial charge in [0.2, 0.25) is 0 Å². The Morgan fingerprint density at radius 1 is 0.797 bits per heavy atom. The third kappa shape index (κ3) is 6.34. The lowest BCUT2D eigenvalue weighted by Gasteiger charge is -2.51. The summed E-state index contributed by atoms with van der Waals surface area (Å²) in [6.07, 6.45) is 35.3. The lowest BCUT2D eigenvalue weighted by molar-refractivity contribution is -0.740. The molecule has 0 bridgehead atoms. The van der Waals surface area contributed by atoms with E-state index in [0.29, 0.717) is 23.7 Å². The number of para-hydroxylation sites is 2. The molecule has 2 saturated carbocycles. The molecule has 9 aliphatic rings. The number of nitrogens with two attached hydrogens (primary N) is 1. The summed E-state index contributed by atoms with van der Waals surface area (Å²) in [4.78, 5) is 2.82. The molecule has 2 aromatic carbocycles. The summed E-state index contributed by atoms with van der Waals surface area (Å²) in [5.41, 5.74) is 16.6. The Labute approximate surface area is 382 Å². The van der Waals surface area contributed by atoms with Crippen LogP contribution in [0.5, 0.6) is 0 Å². The number of allylic oxidation sites excluding steroid dienone is 10. The number of hydrogen-bond acceptors (Lipinski definition) is 4. The van der Waals surface area contributed by atoms with Gasteiger partial charge in [0.25, 0.3) is 0 Å². The average Bonchev–Trinajstić information content (AvgIpc) is 3.79. The quantitative estimate of drug-likeness (QED) is 0.224. The van der Waals surface area contributed by atoms with Crippen molar-refractivity contribution in [2.24, 2.45) is 29.1 Å². The van der Waals surface area contributed by atoms with Gasteiger partial charge < -0.3 is 14.8 Å². The van der Waals surface area contributed by atoms with Gasteiger partial charge in [0.05, 0.1) is 23.3 Å². The largest absolute Gasteiger partial charge is 0.337 e. The first-order chi connectivity index (χ1) is 31.2. The van der Waals surface area contributed by atoms with Gasteiger partial charge in [-0.1, -0.05) is 125 Å². The van der Waals surface area contributed by atoms with Crippen molar-refractivity contribution in [3.8, 4) is 6.07 Å². The molecule has 7 unspecified atom stereocenters. The van der Waals surface area contributed by atoms with Crippen LogP contribution in [0, 0.1) is 40.4 Å². The van der Waals surface area contributed by atoms with Crippen LogP contribution in [0.1, 0.15) is 134 Å². The second kappa shape index (κ2) is 15.7. The van der Waals surface area contributed by atoms with Crippen molar-refractivity contribution in [1.29, 1.82) is 5.26 Å². The van der Waals surface area contributed by atoms with Crippen LogP contribution in [0.2, 0.25) is 0 Å². The Bertz CT molecular complexity index is 2660. The third-order valence-electron chi connectivity index (χ3n) is 18.1. The summed E-state index contributed by atoms with van der Waals surface area (Å²) >= 11 is 0. The van der Waals surface area contributed by atoms with E-state index in [1.165, 1.54) is 109 Å². The Morgan fingerprint density at radius 3 is 2.50 bits per heavy atom. The highest BCUT2D eigenvalue weighted by molar-refractivity contribution is 5.93. The lowest BCUT2D eigenvalue weighted by Crippen LogP contribution is -3.06. The molecular formula is C58H69N6+. The predicted molar refractivity (Wildman–Crippen MR) is 262 cm³/mol. The van der Waals surface area contributed by atoms with E-state index in [1.807, 2.05) is 0 Å². The standard InChI is InChI=1S/C58H68N6/c1-57(2)44-23-11-8-20-39(44)40-31-30-37(33-47(40)57)55-60-54(36-18-6-5-7-19-36)61-56(62-55)43-32-38(35-59)52(63-48-26-14-9-21-41(48)42-22-10-15-27-49(42)63)34-53(43)64-50-28-16-12-24-45(50)58(3,4)46-25-13-17-29-51(46)64/h8-9,11-12,14-16,21,23-24,26-28,32-33,36-37,39-40,53-56,60-62H,5-7,10,13,17-20,22,25,29-31,34H2,1-4H3/p+1. The van der Waals surface area contributed by atoms with Gasteiger partial charge >= 0.3 is 0 Å². The first-order valence-electron chi connectivity index (χ1n) is 25.4. The van der Waals surface area contributed by atoms with E-state index >= 15 is 0 Å². The van der Waals surface area contributed by atoms with Crippen molar-refractivity contribution in [2.75, 3.05) is 4.90 Å². The first-order valence-corrected chi connectivity index (χ1v) is 25.4. The Kier molecular flexibility index (Phi) is 10.0. The van der Waals surface area contributed by atoms with Crippen LogP contribution < -0.4 is 20.9 Å². The summed E-state index contributed by atoms with van der Waals surface area (Å²) < 4.78 is 2.50. The number of nitrogens with zero attached hydrogens (tertiary/aromatic N) is 3. The van der Waals surface area contributed by atoms with Crippen LogP contribution in [0.4, 0.5) is 5.69 Å². The molecule has 3 heterocycles. The monoisotopic (exact) mass is 850 g/mol. The van der Waals surface area contributed by atoms with Crippen molar-refractivity contribution in [2.45, 2.75) is 154 Å². The van der Waals surface area contributed by atoms with Gasteiger partial charge in [-0.3, -0.25) is 5.32 Å². The van der Waals surface area contributed by atoms with Gasteiger partial charge in [0.15, 0.2) is 6.17 Å². The summed E-state index contributed by atoms with van der Waals surface area (Å²) in [6, 6.07) is 21.2. The van der Waals surface area contributed by atoms with E-state index < -0.39 is 0 Å². The van der Waals surface area contributed by atoms with Crippen molar-refractivity contribution in [1.82, 2.24) is 15.2 Å². The maximum absolute atomic E-state index is 11.4. The Balaban J connectivity index is 1.02. The van der Waals surface area contributed by atoms with E-state index in [4.69, 9.17) is 0 Å². The van der Waals surface area contributed by atoms with Crippen LogP contribution in [0.15, 0.2) is 119 Å². The highest BCUT2D eigenvalue weighted by Gasteiger charge is 2.52. The molecule has 0 radical (unpaired) electrons. The van der Waals surface area contributed by atoms with E-state index in [2.05, 4.69) is 150 Å². The molecule has 3 fully saturated rings. The smallest absolute Gasteiger partial charge is 0.166 e. The van der Waals surface area contributed by atoms with E-state index in [9.17, 15) is 5.26 Å². The fourth-order valence-corrected chi connectivity index (χ4v) is 15.0. The maximum Gasteiger partial charge on any atom is 0.166 e. The molecule has 0 spiro atoms. The van der Waals surface area contributed by atoms with Crippen molar-refractivity contribution in [3.05, 3.63) is 135 Å².